The molecule has 1 aromatic rings. The third-order valence-electron chi connectivity index (χ3n) is 3.00. The maximum atomic E-state index is 12.3. The number of nitrogens with one attached hydrogen (secondary N) is 1. The molecule has 0 radical (unpaired) electrons. The highest BCUT2D eigenvalue weighted by molar-refractivity contribution is 9.11. The van der Waals surface area contributed by atoms with Gasteiger partial charge in [0.25, 0.3) is 15.9 Å². The number of amides is 1. The fourth-order valence-electron chi connectivity index (χ4n) is 2.03. The van der Waals surface area contributed by atoms with E-state index < -0.39 is 10.0 Å². The van der Waals surface area contributed by atoms with Crippen molar-refractivity contribution >= 4 is 43.2 Å². The summed E-state index contributed by atoms with van der Waals surface area (Å²) in [5.41, 5.74) is 5.14. The highest BCUT2D eigenvalue weighted by Gasteiger charge is 2.31. The summed E-state index contributed by atoms with van der Waals surface area (Å²) in [5.74, 6) is -0.353. The summed E-state index contributed by atoms with van der Waals surface area (Å²) in [6.45, 7) is 2.31. The van der Waals surface area contributed by atoms with Gasteiger partial charge in [-0.3, -0.25) is 4.79 Å². The summed E-state index contributed by atoms with van der Waals surface area (Å²) in [6.07, 6.45) is 0. The van der Waals surface area contributed by atoms with Crippen molar-refractivity contribution in [3.63, 3.8) is 0 Å². The Morgan fingerprint density at radius 1 is 1.42 bits per heavy atom. The average Bonchev–Trinajstić information content (AvgIpc) is 2.76. The van der Waals surface area contributed by atoms with Crippen LogP contribution in [-0.2, 0) is 14.8 Å². The van der Waals surface area contributed by atoms with Crippen LogP contribution in [0.2, 0.25) is 0 Å². The summed E-state index contributed by atoms with van der Waals surface area (Å²) in [6, 6.07) is 3.33. The standard InChI is InChI=1S/C10H14BrN3O3S2/c11-8-1-2-10(18-8)19(16,17)14-5-3-13(4-6-14)7-9(12)15/h1-2H,3-7H2,(H2,12,15)/p+1. The molecule has 1 amide bonds. The molecule has 1 aliphatic heterocycles. The zero-order valence-electron chi connectivity index (χ0n) is 10.1. The first-order valence-electron chi connectivity index (χ1n) is 5.77. The van der Waals surface area contributed by atoms with Crippen LogP contribution in [0.4, 0.5) is 0 Å². The SMILES string of the molecule is NC(=O)C[NH+]1CCN(S(=O)(=O)c2ccc(Br)s2)CC1. The Balaban J connectivity index is 2.03. The number of carbonyl (C=O) groups is 1. The van der Waals surface area contributed by atoms with Gasteiger partial charge in [-0.2, -0.15) is 4.31 Å². The molecule has 0 bridgehead atoms. The van der Waals surface area contributed by atoms with Crippen molar-refractivity contribution in [1.29, 1.82) is 0 Å². The van der Waals surface area contributed by atoms with Gasteiger partial charge in [-0.25, -0.2) is 8.42 Å². The normalized spacial score (nSPS) is 18.6. The molecular formula is C10H15BrN3O3S2+. The maximum absolute atomic E-state index is 12.3. The van der Waals surface area contributed by atoms with E-state index in [1.54, 1.807) is 12.1 Å². The number of thiophene rings is 1. The fraction of sp³-hybridized carbons (Fsp3) is 0.500. The lowest BCUT2D eigenvalue weighted by atomic mass is 10.3. The molecule has 1 aliphatic rings. The van der Waals surface area contributed by atoms with Crippen LogP contribution >= 0.6 is 27.3 Å². The molecule has 0 unspecified atom stereocenters. The van der Waals surface area contributed by atoms with Gasteiger partial charge >= 0.3 is 0 Å². The highest BCUT2D eigenvalue weighted by atomic mass is 79.9. The molecule has 0 aromatic carbocycles. The summed E-state index contributed by atoms with van der Waals surface area (Å²) >= 11 is 4.47. The molecule has 0 aliphatic carbocycles. The minimum absolute atomic E-state index is 0.262. The van der Waals surface area contributed by atoms with Crippen molar-refractivity contribution in [2.24, 2.45) is 5.73 Å². The molecule has 9 heteroatoms. The fourth-order valence-corrected chi connectivity index (χ4v) is 5.64. The summed E-state index contributed by atoms with van der Waals surface area (Å²) in [7, 11) is -3.40. The van der Waals surface area contributed by atoms with Crippen molar-refractivity contribution in [1.82, 2.24) is 4.31 Å². The van der Waals surface area contributed by atoms with E-state index in [2.05, 4.69) is 15.9 Å². The number of quaternary nitrogens is 1. The maximum Gasteiger partial charge on any atom is 0.272 e. The second-order valence-electron chi connectivity index (χ2n) is 4.36. The van der Waals surface area contributed by atoms with Crippen LogP contribution in [-0.4, -0.2) is 51.4 Å². The first kappa shape index (κ1) is 14.9. The van der Waals surface area contributed by atoms with Crippen LogP contribution in [0.3, 0.4) is 0 Å². The molecule has 0 spiro atoms. The smallest absolute Gasteiger partial charge is 0.272 e. The molecular weight excluding hydrogens is 354 g/mol. The molecule has 0 atom stereocenters. The molecule has 1 aromatic heterocycles. The summed E-state index contributed by atoms with van der Waals surface area (Å²) in [5, 5.41) is 0. The van der Waals surface area contributed by atoms with Gasteiger partial charge in [0.1, 0.15) is 4.21 Å². The van der Waals surface area contributed by atoms with E-state index in [1.807, 2.05) is 0 Å². The zero-order chi connectivity index (χ0) is 14.0. The number of piperazine rings is 1. The third kappa shape index (κ3) is 3.54. The lowest BCUT2D eigenvalue weighted by Crippen LogP contribution is -3.15. The lowest BCUT2D eigenvalue weighted by molar-refractivity contribution is -0.895. The van der Waals surface area contributed by atoms with Crippen LogP contribution < -0.4 is 10.6 Å². The molecule has 1 saturated heterocycles. The van der Waals surface area contributed by atoms with Crippen molar-refractivity contribution in [2.45, 2.75) is 4.21 Å². The monoisotopic (exact) mass is 368 g/mol. The minimum Gasteiger partial charge on any atom is -0.365 e. The van der Waals surface area contributed by atoms with E-state index in [0.29, 0.717) is 30.4 Å². The van der Waals surface area contributed by atoms with E-state index in [4.69, 9.17) is 5.73 Å². The summed E-state index contributed by atoms with van der Waals surface area (Å²) in [4.78, 5) is 11.9. The number of sulfonamides is 1. The van der Waals surface area contributed by atoms with Gasteiger partial charge in [0.15, 0.2) is 6.54 Å². The highest BCUT2D eigenvalue weighted by Crippen LogP contribution is 2.28. The second-order valence-corrected chi connectivity index (χ2v) is 8.98. The zero-order valence-corrected chi connectivity index (χ0v) is 13.4. The molecule has 2 heterocycles. The molecule has 106 valence electrons. The number of halogens is 1. The molecule has 3 N–H and O–H groups in total. The van der Waals surface area contributed by atoms with E-state index in [1.165, 1.54) is 15.6 Å². The van der Waals surface area contributed by atoms with Gasteiger partial charge in [0.05, 0.1) is 30.0 Å². The van der Waals surface area contributed by atoms with Gasteiger partial charge in [0, 0.05) is 0 Å². The van der Waals surface area contributed by atoms with Gasteiger partial charge in [-0.15, -0.1) is 11.3 Å². The molecule has 6 nitrogen and oxygen atoms in total. The van der Waals surface area contributed by atoms with Crippen LogP contribution in [0.5, 0.6) is 0 Å². The van der Waals surface area contributed by atoms with Gasteiger partial charge < -0.3 is 10.6 Å². The van der Waals surface area contributed by atoms with Crippen molar-refractivity contribution in [3.8, 4) is 0 Å². The number of hydrogen-bond donors (Lipinski definition) is 2. The number of primary amides is 1. The molecule has 19 heavy (non-hydrogen) atoms. The number of nitrogens with zero attached hydrogens (tertiary/aromatic N) is 1. The summed E-state index contributed by atoms with van der Waals surface area (Å²) < 4.78 is 27.3. The Morgan fingerprint density at radius 2 is 2.05 bits per heavy atom. The van der Waals surface area contributed by atoms with Gasteiger partial charge in [0.2, 0.25) is 0 Å². The van der Waals surface area contributed by atoms with Crippen LogP contribution in [0.1, 0.15) is 0 Å². The predicted molar refractivity (Wildman–Crippen MR) is 75.5 cm³/mol. The van der Waals surface area contributed by atoms with E-state index in [9.17, 15) is 13.2 Å². The minimum atomic E-state index is -3.40. The van der Waals surface area contributed by atoms with Crippen LogP contribution in [0.25, 0.3) is 0 Å². The Morgan fingerprint density at radius 3 is 2.53 bits per heavy atom. The average molecular weight is 369 g/mol. The first-order valence-corrected chi connectivity index (χ1v) is 8.82. The molecule has 2 rings (SSSR count). The van der Waals surface area contributed by atoms with Gasteiger partial charge in [-0.05, 0) is 28.1 Å². The van der Waals surface area contributed by atoms with Gasteiger partial charge in [-0.1, -0.05) is 0 Å². The molecule has 0 saturated carbocycles. The molecule has 1 fully saturated rings. The Hall–Kier alpha value is -0.480. The van der Waals surface area contributed by atoms with E-state index in [0.717, 1.165) is 8.69 Å². The largest absolute Gasteiger partial charge is 0.365 e. The Kier molecular flexibility index (Phi) is 4.62. The quantitative estimate of drug-likeness (QED) is 0.706. The topological polar surface area (TPSA) is 84.9 Å². The van der Waals surface area contributed by atoms with E-state index >= 15 is 0 Å². The number of carbonyl (C=O) groups excluding carboxylic acids is 1. The van der Waals surface area contributed by atoms with Crippen molar-refractivity contribution in [2.75, 3.05) is 32.7 Å². The van der Waals surface area contributed by atoms with Crippen molar-refractivity contribution in [3.05, 3.63) is 15.9 Å². The first-order chi connectivity index (χ1) is 8.89. The van der Waals surface area contributed by atoms with Crippen LogP contribution in [0, 0.1) is 0 Å². The predicted octanol–water partition coefficient (Wildman–Crippen LogP) is -1.11. The number of hydrogen-bond acceptors (Lipinski definition) is 4. The van der Waals surface area contributed by atoms with Crippen molar-refractivity contribution < 1.29 is 18.1 Å². The second kappa shape index (κ2) is 5.88. The van der Waals surface area contributed by atoms with Crippen LogP contribution in [0.15, 0.2) is 20.1 Å². The Labute approximate surface area is 124 Å². The Bertz CT molecular complexity index is 564. The number of nitrogens with two attached hydrogens (primary N) is 1. The third-order valence-corrected chi connectivity index (χ3v) is 6.99. The lowest BCUT2D eigenvalue weighted by Gasteiger charge is -2.30. The number of rotatable bonds is 4. The van der Waals surface area contributed by atoms with E-state index in [-0.39, 0.29) is 12.5 Å².